The second-order valence-corrected chi connectivity index (χ2v) is 4.96. The van der Waals surface area contributed by atoms with Crippen molar-refractivity contribution >= 4 is 0 Å². The van der Waals surface area contributed by atoms with Crippen molar-refractivity contribution in [2.24, 2.45) is 7.05 Å². The molecule has 96 valence electrons. The molecule has 1 unspecified atom stereocenters. The predicted octanol–water partition coefficient (Wildman–Crippen LogP) is 1.17. The Morgan fingerprint density at radius 3 is 3.00 bits per heavy atom. The molecule has 0 radical (unpaired) electrons. The maximum absolute atomic E-state index is 4.52. The van der Waals surface area contributed by atoms with Gasteiger partial charge in [-0.05, 0) is 32.4 Å². The summed E-state index contributed by atoms with van der Waals surface area (Å²) in [6.07, 6.45) is 2.25. The zero-order chi connectivity index (χ0) is 12.3. The van der Waals surface area contributed by atoms with E-state index < -0.39 is 0 Å². The van der Waals surface area contributed by atoms with E-state index >= 15 is 0 Å². The fraction of sp³-hybridized carbons (Fsp3) is 0.769. The molecule has 1 aromatic rings. The van der Waals surface area contributed by atoms with E-state index in [9.17, 15) is 0 Å². The lowest BCUT2D eigenvalue weighted by Gasteiger charge is -2.26. The fourth-order valence-corrected chi connectivity index (χ4v) is 2.40. The van der Waals surface area contributed by atoms with E-state index in [1.807, 2.05) is 4.68 Å². The third-order valence-corrected chi connectivity index (χ3v) is 3.69. The molecule has 1 atom stereocenters. The highest BCUT2D eigenvalue weighted by Gasteiger charge is 2.18. The third kappa shape index (κ3) is 3.07. The van der Waals surface area contributed by atoms with Crippen LogP contribution in [0.15, 0.2) is 6.07 Å². The van der Waals surface area contributed by atoms with Crippen LogP contribution in [0.25, 0.3) is 0 Å². The molecule has 2 heterocycles. The van der Waals surface area contributed by atoms with Gasteiger partial charge in [-0.1, -0.05) is 6.92 Å². The predicted molar refractivity (Wildman–Crippen MR) is 69.9 cm³/mol. The molecule has 17 heavy (non-hydrogen) atoms. The molecule has 1 saturated heterocycles. The van der Waals surface area contributed by atoms with Gasteiger partial charge in [-0.3, -0.25) is 9.58 Å². The number of hydrogen-bond donors (Lipinski definition) is 1. The highest BCUT2D eigenvalue weighted by Crippen LogP contribution is 2.12. The SMILES string of the molecule is CCc1cc(CN2CCNCCC2C)n(C)n1. The third-order valence-electron chi connectivity index (χ3n) is 3.69. The van der Waals surface area contributed by atoms with E-state index in [4.69, 9.17) is 0 Å². The average molecular weight is 236 g/mol. The Morgan fingerprint density at radius 1 is 1.47 bits per heavy atom. The summed E-state index contributed by atoms with van der Waals surface area (Å²) in [5.74, 6) is 0. The molecule has 0 spiro atoms. The van der Waals surface area contributed by atoms with Crippen LogP contribution in [0.2, 0.25) is 0 Å². The van der Waals surface area contributed by atoms with Crippen LogP contribution in [-0.2, 0) is 20.0 Å². The molecule has 1 N–H and O–H groups in total. The summed E-state index contributed by atoms with van der Waals surface area (Å²) in [5.41, 5.74) is 2.53. The smallest absolute Gasteiger partial charge is 0.0625 e. The highest BCUT2D eigenvalue weighted by molar-refractivity contribution is 5.10. The van der Waals surface area contributed by atoms with Gasteiger partial charge >= 0.3 is 0 Å². The summed E-state index contributed by atoms with van der Waals surface area (Å²) in [5, 5.41) is 7.98. The zero-order valence-corrected chi connectivity index (χ0v) is 11.2. The zero-order valence-electron chi connectivity index (χ0n) is 11.2. The number of hydrogen-bond acceptors (Lipinski definition) is 3. The van der Waals surface area contributed by atoms with Crippen LogP contribution in [-0.4, -0.2) is 40.4 Å². The summed E-state index contributed by atoms with van der Waals surface area (Å²) < 4.78 is 2.03. The van der Waals surface area contributed by atoms with Gasteiger partial charge in [-0.15, -0.1) is 0 Å². The summed E-state index contributed by atoms with van der Waals surface area (Å²) in [7, 11) is 2.05. The first-order chi connectivity index (χ1) is 8.20. The van der Waals surface area contributed by atoms with E-state index in [0.29, 0.717) is 6.04 Å². The first kappa shape index (κ1) is 12.6. The van der Waals surface area contributed by atoms with Crippen LogP contribution in [0.4, 0.5) is 0 Å². The summed E-state index contributed by atoms with van der Waals surface area (Å²) in [6.45, 7) is 8.88. The number of aryl methyl sites for hydroxylation is 2. The standard InChI is InChI=1S/C13H24N4/c1-4-12-9-13(16(3)15-12)10-17-8-7-14-6-5-11(17)2/h9,11,14H,4-8,10H2,1-3H3. The summed E-state index contributed by atoms with van der Waals surface area (Å²) in [4.78, 5) is 2.55. The first-order valence-corrected chi connectivity index (χ1v) is 6.67. The average Bonchev–Trinajstić information content (AvgIpc) is 2.54. The molecule has 0 amide bonds. The minimum atomic E-state index is 0.657. The Bertz CT molecular complexity index is 358. The van der Waals surface area contributed by atoms with Gasteiger partial charge < -0.3 is 5.32 Å². The van der Waals surface area contributed by atoms with Crippen molar-refractivity contribution in [3.8, 4) is 0 Å². The first-order valence-electron chi connectivity index (χ1n) is 6.67. The van der Waals surface area contributed by atoms with E-state index in [0.717, 1.165) is 32.6 Å². The van der Waals surface area contributed by atoms with Crippen LogP contribution in [0, 0.1) is 0 Å². The largest absolute Gasteiger partial charge is 0.315 e. The van der Waals surface area contributed by atoms with Gasteiger partial charge in [0.05, 0.1) is 11.4 Å². The van der Waals surface area contributed by atoms with Crippen LogP contribution in [0.3, 0.4) is 0 Å². The lowest BCUT2D eigenvalue weighted by Crippen LogP contribution is -2.34. The molecule has 4 nitrogen and oxygen atoms in total. The molecule has 0 saturated carbocycles. The Hall–Kier alpha value is -0.870. The molecule has 2 rings (SSSR count). The number of rotatable bonds is 3. The Kier molecular flexibility index (Phi) is 4.18. The van der Waals surface area contributed by atoms with E-state index in [2.05, 4.69) is 42.3 Å². The summed E-state index contributed by atoms with van der Waals surface area (Å²) in [6, 6.07) is 2.90. The topological polar surface area (TPSA) is 33.1 Å². The molecule has 0 aromatic carbocycles. The van der Waals surface area contributed by atoms with Gasteiger partial charge in [0.2, 0.25) is 0 Å². The molecule has 4 heteroatoms. The minimum absolute atomic E-state index is 0.657. The molecule has 1 fully saturated rings. The molecule has 0 aliphatic carbocycles. The Labute approximate surface area is 104 Å². The number of nitrogens with one attached hydrogen (secondary N) is 1. The van der Waals surface area contributed by atoms with Gasteiger partial charge in [-0.25, -0.2) is 0 Å². The van der Waals surface area contributed by atoms with Gasteiger partial charge in [0.25, 0.3) is 0 Å². The Balaban J connectivity index is 2.05. The van der Waals surface area contributed by atoms with Crippen molar-refractivity contribution in [1.82, 2.24) is 20.0 Å². The van der Waals surface area contributed by atoms with Crippen LogP contribution >= 0.6 is 0 Å². The lowest BCUT2D eigenvalue weighted by molar-refractivity contribution is 0.206. The highest BCUT2D eigenvalue weighted by atomic mass is 15.3. The normalized spacial score (nSPS) is 22.6. The second kappa shape index (κ2) is 5.65. The molecule has 1 aliphatic rings. The minimum Gasteiger partial charge on any atom is -0.315 e. The van der Waals surface area contributed by atoms with Gasteiger partial charge in [-0.2, -0.15) is 5.10 Å². The lowest BCUT2D eigenvalue weighted by atomic mass is 10.2. The van der Waals surface area contributed by atoms with Crippen LogP contribution in [0.5, 0.6) is 0 Å². The van der Waals surface area contributed by atoms with Crippen molar-refractivity contribution in [1.29, 1.82) is 0 Å². The summed E-state index contributed by atoms with van der Waals surface area (Å²) >= 11 is 0. The van der Waals surface area contributed by atoms with Crippen molar-refractivity contribution < 1.29 is 0 Å². The van der Waals surface area contributed by atoms with Gasteiger partial charge in [0.15, 0.2) is 0 Å². The number of aromatic nitrogens is 2. The van der Waals surface area contributed by atoms with Crippen molar-refractivity contribution in [3.05, 3.63) is 17.5 Å². The molecular formula is C13H24N4. The van der Waals surface area contributed by atoms with E-state index in [1.54, 1.807) is 0 Å². The van der Waals surface area contributed by atoms with E-state index in [-0.39, 0.29) is 0 Å². The fourth-order valence-electron chi connectivity index (χ4n) is 2.40. The Morgan fingerprint density at radius 2 is 2.29 bits per heavy atom. The maximum atomic E-state index is 4.52. The van der Waals surface area contributed by atoms with Crippen LogP contribution in [0.1, 0.15) is 31.7 Å². The van der Waals surface area contributed by atoms with Gasteiger partial charge in [0.1, 0.15) is 0 Å². The van der Waals surface area contributed by atoms with Crippen molar-refractivity contribution in [3.63, 3.8) is 0 Å². The molecule has 0 bridgehead atoms. The molecule has 1 aliphatic heterocycles. The molecule has 1 aromatic heterocycles. The van der Waals surface area contributed by atoms with Crippen molar-refractivity contribution in [2.75, 3.05) is 19.6 Å². The quantitative estimate of drug-likeness (QED) is 0.855. The maximum Gasteiger partial charge on any atom is 0.0625 e. The van der Waals surface area contributed by atoms with Gasteiger partial charge in [0, 0.05) is 32.7 Å². The number of nitrogens with zero attached hydrogens (tertiary/aromatic N) is 3. The van der Waals surface area contributed by atoms with Crippen LogP contribution < -0.4 is 5.32 Å². The van der Waals surface area contributed by atoms with E-state index in [1.165, 1.54) is 17.8 Å². The van der Waals surface area contributed by atoms with Crippen molar-refractivity contribution in [2.45, 2.75) is 39.3 Å². The second-order valence-electron chi connectivity index (χ2n) is 4.96. The monoisotopic (exact) mass is 236 g/mol. The molecular weight excluding hydrogens is 212 g/mol.